The summed E-state index contributed by atoms with van der Waals surface area (Å²) in [6, 6.07) is 7.71. The lowest BCUT2D eigenvalue weighted by atomic mass is 9.54. The number of ketones is 2. The van der Waals surface area contributed by atoms with Crippen molar-refractivity contribution < 1.29 is 28.5 Å². The van der Waals surface area contributed by atoms with Gasteiger partial charge in [0.25, 0.3) is 0 Å². The second-order valence-electron chi connectivity index (χ2n) is 16.3. The third-order valence-corrected chi connectivity index (χ3v) is 13.6. The van der Waals surface area contributed by atoms with Crippen LogP contribution in [0, 0.1) is 21.7 Å². The Balaban J connectivity index is 0.000000201. The van der Waals surface area contributed by atoms with Gasteiger partial charge in [0.15, 0.2) is 34.6 Å². The molecule has 0 aromatic heterocycles. The van der Waals surface area contributed by atoms with Gasteiger partial charge in [0.1, 0.15) is 0 Å². The highest BCUT2D eigenvalue weighted by Crippen LogP contribution is 2.60. The van der Waals surface area contributed by atoms with E-state index in [1.165, 1.54) is 11.1 Å². The number of benzene rings is 2. The maximum Gasteiger partial charge on any atom is 0.164 e. The highest BCUT2D eigenvalue weighted by atomic mass is 79.9. The highest BCUT2D eigenvalue weighted by Gasteiger charge is 2.51. The molecule has 2 saturated carbocycles. The fraction of sp³-hybridized carbons (Fsp3) is 0.500. The molecule has 52 heavy (non-hydrogen) atoms. The molecule has 2 aromatic rings. The Labute approximate surface area is 327 Å². The molecule has 6 nitrogen and oxygen atoms in total. The number of hydrogen-bond donors (Lipinski definition) is 0. The first-order valence-electron chi connectivity index (χ1n) is 18.2. The Bertz CT molecular complexity index is 1720. The van der Waals surface area contributed by atoms with E-state index in [1.54, 1.807) is 40.6 Å². The SMILES string of the molecule is COc1cc(Br)c([C@@H]2C(=O)C=CC=C3C(C)(C)CCC[C@@]32C)cc1OC.COc1cc(Br)c([C@H]2C(=O)C=CC=C3C(C)(C)CCC[C@]32C)cc1OC. The van der Waals surface area contributed by atoms with E-state index in [0.29, 0.717) is 23.0 Å². The average Bonchev–Trinajstić information content (AvgIpc) is 3.31. The van der Waals surface area contributed by atoms with Crippen LogP contribution in [0.3, 0.4) is 0 Å². The summed E-state index contributed by atoms with van der Waals surface area (Å²) in [7, 11) is 6.49. The first-order chi connectivity index (χ1) is 24.5. The van der Waals surface area contributed by atoms with Crippen LogP contribution in [0.5, 0.6) is 23.0 Å². The van der Waals surface area contributed by atoms with E-state index in [0.717, 1.165) is 58.6 Å². The molecule has 8 heteroatoms. The van der Waals surface area contributed by atoms with E-state index in [9.17, 15) is 9.59 Å². The smallest absolute Gasteiger partial charge is 0.164 e. The van der Waals surface area contributed by atoms with Gasteiger partial charge >= 0.3 is 0 Å². The first kappa shape index (κ1) is 40.1. The molecule has 0 radical (unpaired) electrons. The molecule has 0 spiro atoms. The molecule has 6 rings (SSSR count). The van der Waals surface area contributed by atoms with Crippen molar-refractivity contribution in [2.45, 2.75) is 91.9 Å². The van der Waals surface area contributed by atoms with Crippen LogP contribution in [-0.2, 0) is 9.59 Å². The van der Waals surface area contributed by atoms with Crippen LogP contribution in [-0.4, -0.2) is 40.0 Å². The Hall–Kier alpha value is -3.10. The monoisotopic (exact) mass is 836 g/mol. The summed E-state index contributed by atoms with van der Waals surface area (Å²) in [5, 5.41) is 0. The van der Waals surface area contributed by atoms with Crippen molar-refractivity contribution in [1.82, 2.24) is 0 Å². The maximum atomic E-state index is 13.2. The Morgan fingerprint density at radius 3 is 1.19 bits per heavy atom. The predicted molar refractivity (Wildman–Crippen MR) is 216 cm³/mol. The maximum absolute atomic E-state index is 13.2. The van der Waals surface area contributed by atoms with Crippen molar-refractivity contribution in [2.24, 2.45) is 21.7 Å². The van der Waals surface area contributed by atoms with Gasteiger partial charge in [-0.1, -0.05) is 122 Å². The largest absolute Gasteiger partial charge is 0.493 e. The fourth-order valence-corrected chi connectivity index (χ4v) is 10.9. The first-order valence-corrected chi connectivity index (χ1v) is 19.8. The molecule has 0 saturated heterocycles. The van der Waals surface area contributed by atoms with Crippen LogP contribution in [0.25, 0.3) is 0 Å². The second-order valence-corrected chi connectivity index (χ2v) is 18.0. The summed E-state index contributed by atoms with van der Waals surface area (Å²) in [4.78, 5) is 26.4. The summed E-state index contributed by atoms with van der Waals surface area (Å²) in [5.41, 5.74) is 4.40. The zero-order valence-electron chi connectivity index (χ0n) is 32.4. The summed E-state index contributed by atoms with van der Waals surface area (Å²) in [5.74, 6) is 2.40. The molecule has 280 valence electrons. The molecular weight excluding hydrogens is 784 g/mol. The van der Waals surface area contributed by atoms with Crippen LogP contribution in [0.1, 0.15) is 103 Å². The topological polar surface area (TPSA) is 71.1 Å². The molecule has 2 fully saturated rings. The van der Waals surface area contributed by atoms with E-state index in [-0.39, 0.29) is 45.1 Å². The number of ether oxygens (including phenoxy) is 4. The minimum Gasteiger partial charge on any atom is -0.493 e. The van der Waals surface area contributed by atoms with Gasteiger partial charge in [-0.3, -0.25) is 9.59 Å². The summed E-state index contributed by atoms with van der Waals surface area (Å²) >= 11 is 7.36. The van der Waals surface area contributed by atoms with Gasteiger partial charge in [-0.2, -0.15) is 0 Å². The quantitative estimate of drug-likeness (QED) is 0.289. The lowest BCUT2D eigenvalue weighted by molar-refractivity contribution is -0.119. The number of fused-ring (bicyclic) bond motifs is 2. The minimum absolute atomic E-state index is 0.0866. The molecule has 0 heterocycles. The number of allylic oxidation sites excluding steroid dienone is 8. The van der Waals surface area contributed by atoms with E-state index < -0.39 is 0 Å². The lowest BCUT2D eigenvalue weighted by Gasteiger charge is -2.49. The number of methoxy groups -OCH3 is 4. The number of rotatable bonds is 6. The van der Waals surface area contributed by atoms with Gasteiger partial charge in [-0.25, -0.2) is 0 Å². The highest BCUT2D eigenvalue weighted by molar-refractivity contribution is 9.10. The van der Waals surface area contributed by atoms with Crippen molar-refractivity contribution in [3.8, 4) is 23.0 Å². The van der Waals surface area contributed by atoms with E-state index in [1.807, 2.05) is 36.4 Å². The number of halogens is 2. The van der Waals surface area contributed by atoms with Gasteiger partial charge in [-0.15, -0.1) is 0 Å². The van der Waals surface area contributed by atoms with Crippen molar-refractivity contribution in [3.63, 3.8) is 0 Å². The minimum atomic E-state index is -0.249. The van der Waals surface area contributed by atoms with Gasteiger partial charge in [0.05, 0.1) is 40.3 Å². The van der Waals surface area contributed by atoms with Gasteiger partial charge in [0.2, 0.25) is 0 Å². The molecule has 0 amide bonds. The van der Waals surface area contributed by atoms with Crippen LogP contribution >= 0.6 is 31.9 Å². The van der Waals surface area contributed by atoms with Gasteiger partial charge < -0.3 is 18.9 Å². The molecule has 0 aliphatic heterocycles. The lowest BCUT2D eigenvalue weighted by Crippen LogP contribution is -2.40. The van der Waals surface area contributed by atoms with Crippen LogP contribution in [0.2, 0.25) is 0 Å². The van der Waals surface area contributed by atoms with E-state index in [4.69, 9.17) is 18.9 Å². The molecule has 4 aliphatic carbocycles. The number of carbonyl (C=O) groups is 2. The van der Waals surface area contributed by atoms with Crippen LogP contribution in [0.15, 0.2) is 80.8 Å². The van der Waals surface area contributed by atoms with Crippen molar-refractivity contribution >= 4 is 43.4 Å². The van der Waals surface area contributed by atoms with Crippen molar-refractivity contribution in [3.05, 3.63) is 91.9 Å². The molecule has 0 N–H and O–H groups in total. The standard InChI is InChI=1S/2C22H27BrO3/c2*1-21(2)10-7-11-22(3)19(21)9-6-8-16(24)20(22)14-12-17(25-4)18(26-5)13-15(14)23/h2*6,8-9,12-13,20H,7,10-11H2,1-5H3/t2*20-,22+/m10/s1. The zero-order chi connectivity index (χ0) is 38.2. The Morgan fingerprint density at radius 2 is 0.865 bits per heavy atom. The third-order valence-electron chi connectivity index (χ3n) is 12.2. The molecule has 0 unspecified atom stereocenters. The molecule has 0 bridgehead atoms. The van der Waals surface area contributed by atoms with Crippen LogP contribution in [0.4, 0.5) is 0 Å². The van der Waals surface area contributed by atoms with E-state index in [2.05, 4.69) is 85.6 Å². The molecule has 4 atom stereocenters. The Kier molecular flexibility index (Phi) is 11.8. The van der Waals surface area contributed by atoms with Gasteiger partial charge in [-0.05, 0) is 84.1 Å². The summed E-state index contributed by atoms with van der Waals surface area (Å²) in [6.07, 6.45) is 18.2. The third kappa shape index (κ3) is 7.23. The normalized spacial score (nSPS) is 27.4. The van der Waals surface area contributed by atoms with Crippen molar-refractivity contribution in [1.29, 1.82) is 0 Å². The predicted octanol–water partition coefficient (Wildman–Crippen LogP) is 11.7. The van der Waals surface area contributed by atoms with E-state index >= 15 is 0 Å². The number of hydrogen-bond acceptors (Lipinski definition) is 6. The van der Waals surface area contributed by atoms with Crippen LogP contribution < -0.4 is 18.9 Å². The van der Waals surface area contributed by atoms with Crippen molar-refractivity contribution in [2.75, 3.05) is 28.4 Å². The Morgan fingerprint density at radius 1 is 0.538 bits per heavy atom. The second kappa shape index (κ2) is 15.3. The average molecular weight is 839 g/mol. The molecule has 4 aliphatic rings. The van der Waals surface area contributed by atoms with Gasteiger partial charge in [0, 0.05) is 19.8 Å². The molecular formula is C44H54Br2O6. The fourth-order valence-electron chi connectivity index (χ4n) is 9.79. The molecule has 2 aromatic carbocycles. The number of carbonyl (C=O) groups excluding carboxylic acids is 2. The summed E-state index contributed by atoms with van der Waals surface area (Å²) in [6.45, 7) is 13.7. The zero-order valence-corrected chi connectivity index (χ0v) is 35.5. The summed E-state index contributed by atoms with van der Waals surface area (Å²) < 4.78 is 23.6.